The average Bonchev–Trinajstić information content (AvgIpc) is 3.08. The molecule has 0 fully saturated rings. The molecule has 0 spiro atoms. The number of carbonyl (C=O) groups excluding carboxylic acids is 3. The molecule has 0 bridgehead atoms. The van der Waals surface area contributed by atoms with Crippen LogP contribution in [-0.4, -0.2) is 30.4 Å². The van der Waals surface area contributed by atoms with Crippen LogP contribution in [-0.2, 0) is 20.9 Å². The van der Waals surface area contributed by atoms with Gasteiger partial charge in [-0.25, -0.2) is 0 Å². The first-order chi connectivity index (χ1) is 14.0. The minimum Gasteiger partial charge on any atom is -0.451 e. The van der Waals surface area contributed by atoms with Crippen LogP contribution < -0.4 is 10.6 Å². The van der Waals surface area contributed by atoms with E-state index in [1.165, 1.54) is 18.3 Å². The number of halogens is 1. The number of hydrogen-bond acceptors (Lipinski definition) is 5. The summed E-state index contributed by atoms with van der Waals surface area (Å²) >= 11 is 7.51. The van der Waals surface area contributed by atoms with E-state index in [1.54, 1.807) is 0 Å². The molecule has 0 aliphatic heterocycles. The third-order valence-corrected chi connectivity index (χ3v) is 5.80. The highest BCUT2D eigenvalue weighted by Crippen LogP contribution is 2.34. The fourth-order valence-corrected chi connectivity index (χ4v) is 4.05. The molecule has 0 radical (unpaired) electrons. The number of rotatable bonds is 7. The van der Waals surface area contributed by atoms with Crippen molar-refractivity contribution >= 4 is 50.8 Å². The molecule has 2 amide bonds. The van der Waals surface area contributed by atoms with Gasteiger partial charge in [-0.15, -0.1) is 11.3 Å². The number of carbonyl (C=O) groups is 3. The summed E-state index contributed by atoms with van der Waals surface area (Å²) in [5, 5.41) is 6.32. The van der Waals surface area contributed by atoms with Crippen LogP contribution in [0.15, 0.2) is 54.6 Å². The number of fused-ring (bicyclic) bond motifs is 1. The third-order valence-electron chi connectivity index (χ3n) is 4.12. The van der Waals surface area contributed by atoms with Gasteiger partial charge in [0, 0.05) is 16.6 Å². The maximum atomic E-state index is 12.3. The molecule has 150 valence electrons. The van der Waals surface area contributed by atoms with E-state index in [9.17, 15) is 14.4 Å². The van der Waals surface area contributed by atoms with Gasteiger partial charge in [0.2, 0.25) is 0 Å². The lowest BCUT2D eigenvalue weighted by molar-refractivity contribution is -0.153. The Labute approximate surface area is 176 Å². The molecule has 0 saturated carbocycles. The van der Waals surface area contributed by atoms with Crippen LogP contribution in [0.4, 0.5) is 0 Å². The van der Waals surface area contributed by atoms with E-state index >= 15 is 0 Å². The highest BCUT2D eigenvalue weighted by Gasteiger charge is 2.20. The highest BCUT2D eigenvalue weighted by molar-refractivity contribution is 7.21. The minimum absolute atomic E-state index is 0.328. The van der Waals surface area contributed by atoms with Crippen molar-refractivity contribution in [2.45, 2.75) is 19.6 Å². The van der Waals surface area contributed by atoms with Gasteiger partial charge in [0.1, 0.15) is 11.4 Å². The molecule has 1 heterocycles. The highest BCUT2D eigenvalue weighted by atomic mass is 35.5. The summed E-state index contributed by atoms with van der Waals surface area (Å²) in [6, 6.07) is 16.8. The second-order valence-corrected chi connectivity index (χ2v) is 7.69. The van der Waals surface area contributed by atoms with E-state index in [0.29, 0.717) is 16.4 Å². The van der Waals surface area contributed by atoms with E-state index in [-0.39, 0.29) is 6.54 Å². The Kier molecular flexibility index (Phi) is 6.85. The number of ether oxygens (including phenoxy) is 1. The lowest BCUT2D eigenvalue weighted by Crippen LogP contribution is -2.38. The second kappa shape index (κ2) is 9.54. The standard InChI is InChI=1S/C21H19ClN2O4S/c1-13(20(26)23-11-14-7-3-2-4-8-14)28-17(25)12-24-21(27)19-18(22)15-9-5-6-10-16(15)29-19/h2-10,13H,11-12H2,1H3,(H,23,26)(H,24,27)/t13-/m1/s1. The first-order valence-corrected chi connectivity index (χ1v) is 10.1. The summed E-state index contributed by atoms with van der Waals surface area (Å²) in [4.78, 5) is 36.7. The first-order valence-electron chi connectivity index (χ1n) is 8.92. The van der Waals surface area contributed by atoms with Crippen molar-refractivity contribution in [3.05, 3.63) is 70.1 Å². The maximum absolute atomic E-state index is 12.3. The van der Waals surface area contributed by atoms with Gasteiger partial charge in [0.05, 0.1) is 5.02 Å². The molecular weight excluding hydrogens is 412 g/mol. The molecule has 1 aromatic heterocycles. The first kappa shape index (κ1) is 20.8. The molecule has 0 unspecified atom stereocenters. The molecule has 0 aliphatic carbocycles. The van der Waals surface area contributed by atoms with Crippen molar-refractivity contribution in [3.63, 3.8) is 0 Å². The zero-order chi connectivity index (χ0) is 20.8. The van der Waals surface area contributed by atoms with Crippen molar-refractivity contribution in [2.24, 2.45) is 0 Å². The van der Waals surface area contributed by atoms with Crippen LogP contribution in [0.5, 0.6) is 0 Å². The van der Waals surface area contributed by atoms with Gasteiger partial charge in [0.25, 0.3) is 11.8 Å². The normalized spacial score (nSPS) is 11.7. The maximum Gasteiger partial charge on any atom is 0.326 e. The number of thiophene rings is 1. The predicted molar refractivity (Wildman–Crippen MR) is 113 cm³/mol. The summed E-state index contributed by atoms with van der Waals surface area (Å²) in [6.07, 6.45) is -0.976. The number of benzene rings is 2. The van der Waals surface area contributed by atoms with Crippen molar-refractivity contribution < 1.29 is 19.1 Å². The lowest BCUT2D eigenvalue weighted by atomic mass is 10.2. The Morgan fingerprint density at radius 1 is 1.03 bits per heavy atom. The van der Waals surface area contributed by atoms with Gasteiger partial charge < -0.3 is 15.4 Å². The van der Waals surface area contributed by atoms with E-state index in [1.807, 2.05) is 54.6 Å². The van der Waals surface area contributed by atoms with E-state index in [4.69, 9.17) is 16.3 Å². The monoisotopic (exact) mass is 430 g/mol. The smallest absolute Gasteiger partial charge is 0.326 e. The molecule has 3 aromatic rings. The average molecular weight is 431 g/mol. The molecule has 0 saturated heterocycles. The van der Waals surface area contributed by atoms with Crippen LogP contribution in [0.1, 0.15) is 22.2 Å². The molecule has 6 nitrogen and oxygen atoms in total. The van der Waals surface area contributed by atoms with Crippen molar-refractivity contribution in [1.82, 2.24) is 10.6 Å². The summed E-state index contributed by atoms with van der Waals surface area (Å²) in [6.45, 7) is 1.45. The van der Waals surface area contributed by atoms with Crippen LogP contribution in [0.25, 0.3) is 10.1 Å². The lowest BCUT2D eigenvalue weighted by Gasteiger charge is -2.14. The predicted octanol–water partition coefficient (Wildman–Crippen LogP) is 3.53. The molecule has 29 heavy (non-hydrogen) atoms. The Morgan fingerprint density at radius 3 is 2.45 bits per heavy atom. The zero-order valence-electron chi connectivity index (χ0n) is 15.6. The molecule has 0 aliphatic rings. The van der Waals surface area contributed by atoms with Gasteiger partial charge in [0.15, 0.2) is 6.10 Å². The van der Waals surface area contributed by atoms with Crippen LogP contribution in [0.3, 0.4) is 0 Å². The Balaban J connectivity index is 1.47. The van der Waals surface area contributed by atoms with Gasteiger partial charge in [-0.2, -0.15) is 0 Å². The van der Waals surface area contributed by atoms with Gasteiger partial charge in [-0.05, 0) is 18.6 Å². The number of esters is 1. The molecular formula is C21H19ClN2O4S. The van der Waals surface area contributed by atoms with Crippen LogP contribution >= 0.6 is 22.9 Å². The van der Waals surface area contributed by atoms with Crippen molar-refractivity contribution in [1.29, 1.82) is 0 Å². The molecule has 2 N–H and O–H groups in total. The Hall–Kier alpha value is -2.90. The molecule has 2 aromatic carbocycles. The minimum atomic E-state index is -0.976. The quantitative estimate of drug-likeness (QED) is 0.561. The zero-order valence-corrected chi connectivity index (χ0v) is 17.2. The van der Waals surface area contributed by atoms with E-state index < -0.39 is 23.9 Å². The summed E-state index contributed by atoms with van der Waals surface area (Å²) in [5.74, 6) is -1.59. The SMILES string of the molecule is C[C@@H](OC(=O)CNC(=O)c1sc2ccccc2c1Cl)C(=O)NCc1ccccc1. The topological polar surface area (TPSA) is 84.5 Å². The summed E-state index contributed by atoms with van der Waals surface area (Å²) in [7, 11) is 0. The Bertz CT molecular complexity index is 1040. The van der Waals surface area contributed by atoms with Crippen LogP contribution in [0.2, 0.25) is 5.02 Å². The Morgan fingerprint density at radius 2 is 1.72 bits per heavy atom. The fraction of sp³-hybridized carbons (Fsp3) is 0.190. The fourth-order valence-electron chi connectivity index (χ4n) is 2.61. The summed E-state index contributed by atoms with van der Waals surface area (Å²) in [5.41, 5.74) is 0.937. The number of hydrogen-bond donors (Lipinski definition) is 2. The molecule has 3 rings (SSSR count). The van der Waals surface area contributed by atoms with Gasteiger partial charge >= 0.3 is 5.97 Å². The second-order valence-electron chi connectivity index (χ2n) is 6.26. The van der Waals surface area contributed by atoms with E-state index in [0.717, 1.165) is 15.6 Å². The van der Waals surface area contributed by atoms with Gasteiger partial charge in [-0.1, -0.05) is 60.1 Å². The third kappa shape index (κ3) is 5.34. The number of nitrogens with one attached hydrogen (secondary N) is 2. The number of amides is 2. The summed E-state index contributed by atoms with van der Waals surface area (Å²) < 4.78 is 5.96. The molecule has 8 heteroatoms. The van der Waals surface area contributed by atoms with Crippen LogP contribution in [0, 0.1) is 0 Å². The molecule has 1 atom stereocenters. The van der Waals surface area contributed by atoms with Crippen molar-refractivity contribution in [3.8, 4) is 0 Å². The largest absolute Gasteiger partial charge is 0.451 e. The van der Waals surface area contributed by atoms with Gasteiger partial charge in [-0.3, -0.25) is 14.4 Å². The van der Waals surface area contributed by atoms with Crippen molar-refractivity contribution in [2.75, 3.05) is 6.54 Å². The van der Waals surface area contributed by atoms with E-state index in [2.05, 4.69) is 10.6 Å².